The number of unbranched alkanes of at least 4 members (excludes halogenated alkanes) is 1. The zero-order valence-corrected chi connectivity index (χ0v) is 10.0. The van der Waals surface area contributed by atoms with Crippen LogP contribution in [0.25, 0.3) is 10.4 Å². The van der Waals surface area contributed by atoms with Crippen molar-refractivity contribution in [2.45, 2.75) is 19.3 Å². The van der Waals surface area contributed by atoms with Gasteiger partial charge in [0.15, 0.2) is 0 Å². The number of benzene rings is 1. The number of para-hydroxylation sites is 1. The third-order valence-electron chi connectivity index (χ3n) is 2.41. The molecule has 1 rings (SSSR count). The van der Waals surface area contributed by atoms with Crippen molar-refractivity contribution in [3.05, 3.63) is 40.3 Å². The highest BCUT2D eigenvalue weighted by Gasteiger charge is 2.05. The Balaban J connectivity index is 2.22. The standard InChI is InChI=1S/C12H16N4O2/c13-16-15-8-4-3-7-14-12(18)9-10-5-1-2-6-11(10)17/h1-2,5-6,17H,3-4,7-9H2,(H,14,18). The number of aromatic hydroxyl groups is 1. The summed E-state index contributed by atoms with van der Waals surface area (Å²) in [4.78, 5) is 14.2. The van der Waals surface area contributed by atoms with Gasteiger partial charge in [0.05, 0.1) is 6.42 Å². The minimum atomic E-state index is -0.125. The molecule has 1 aromatic carbocycles. The molecule has 0 aliphatic carbocycles. The van der Waals surface area contributed by atoms with Crippen LogP contribution in [0.5, 0.6) is 5.75 Å². The topological polar surface area (TPSA) is 98.1 Å². The molecule has 0 radical (unpaired) electrons. The molecule has 0 unspecified atom stereocenters. The second-order valence-electron chi connectivity index (χ2n) is 3.82. The van der Waals surface area contributed by atoms with Gasteiger partial charge < -0.3 is 10.4 Å². The van der Waals surface area contributed by atoms with Crippen molar-refractivity contribution in [3.63, 3.8) is 0 Å². The Labute approximate surface area is 105 Å². The maximum atomic E-state index is 11.5. The van der Waals surface area contributed by atoms with Crippen LogP contribution in [0.1, 0.15) is 18.4 Å². The molecule has 0 spiro atoms. The number of azide groups is 1. The first-order chi connectivity index (χ1) is 8.74. The van der Waals surface area contributed by atoms with E-state index in [1.807, 2.05) is 0 Å². The molecule has 0 saturated heterocycles. The number of nitrogens with zero attached hydrogens (tertiary/aromatic N) is 3. The van der Waals surface area contributed by atoms with Gasteiger partial charge in [0, 0.05) is 23.6 Å². The van der Waals surface area contributed by atoms with Gasteiger partial charge in [0.2, 0.25) is 5.91 Å². The highest BCUT2D eigenvalue weighted by atomic mass is 16.3. The van der Waals surface area contributed by atoms with Crippen LogP contribution in [0.2, 0.25) is 0 Å². The third-order valence-corrected chi connectivity index (χ3v) is 2.41. The Morgan fingerprint density at radius 1 is 1.39 bits per heavy atom. The van der Waals surface area contributed by atoms with E-state index < -0.39 is 0 Å². The van der Waals surface area contributed by atoms with Crippen LogP contribution in [-0.2, 0) is 11.2 Å². The summed E-state index contributed by atoms with van der Waals surface area (Å²) >= 11 is 0. The van der Waals surface area contributed by atoms with Gasteiger partial charge in [-0.25, -0.2) is 0 Å². The highest BCUT2D eigenvalue weighted by Crippen LogP contribution is 2.15. The fourth-order valence-electron chi connectivity index (χ4n) is 1.48. The van der Waals surface area contributed by atoms with Crippen LogP contribution in [0.4, 0.5) is 0 Å². The monoisotopic (exact) mass is 248 g/mol. The van der Waals surface area contributed by atoms with Gasteiger partial charge in [-0.15, -0.1) is 0 Å². The van der Waals surface area contributed by atoms with Crippen molar-refractivity contribution >= 4 is 5.91 Å². The Morgan fingerprint density at radius 2 is 2.17 bits per heavy atom. The lowest BCUT2D eigenvalue weighted by Crippen LogP contribution is -2.26. The van der Waals surface area contributed by atoms with Crippen molar-refractivity contribution < 1.29 is 9.90 Å². The molecule has 2 N–H and O–H groups in total. The Morgan fingerprint density at radius 3 is 2.89 bits per heavy atom. The van der Waals surface area contributed by atoms with Crippen molar-refractivity contribution in [1.29, 1.82) is 0 Å². The molecule has 0 heterocycles. The normalized spacial score (nSPS) is 9.56. The second kappa shape index (κ2) is 7.97. The van der Waals surface area contributed by atoms with Gasteiger partial charge in [-0.2, -0.15) is 0 Å². The quantitative estimate of drug-likeness (QED) is 0.334. The number of carbonyl (C=O) groups excluding carboxylic acids is 1. The number of phenolic OH excluding ortho intramolecular Hbond substituents is 1. The van der Waals surface area contributed by atoms with Gasteiger partial charge in [-0.05, 0) is 24.4 Å². The molecule has 18 heavy (non-hydrogen) atoms. The van der Waals surface area contributed by atoms with Crippen molar-refractivity contribution in [2.75, 3.05) is 13.1 Å². The maximum Gasteiger partial charge on any atom is 0.224 e. The van der Waals surface area contributed by atoms with Crippen LogP contribution < -0.4 is 5.32 Å². The number of hydrogen-bond acceptors (Lipinski definition) is 3. The van der Waals surface area contributed by atoms with Gasteiger partial charge >= 0.3 is 0 Å². The number of rotatable bonds is 7. The number of phenols is 1. The Hall–Kier alpha value is -2.20. The van der Waals surface area contributed by atoms with E-state index in [9.17, 15) is 9.90 Å². The molecule has 0 atom stereocenters. The number of carbonyl (C=O) groups is 1. The lowest BCUT2D eigenvalue weighted by atomic mass is 10.1. The average molecular weight is 248 g/mol. The summed E-state index contributed by atoms with van der Waals surface area (Å²) in [5, 5.41) is 15.7. The fraction of sp³-hybridized carbons (Fsp3) is 0.417. The predicted octanol–water partition coefficient (Wildman–Crippen LogP) is 2.14. The second-order valence-corrected chi connectivity index (χ2v) is 3.82. The van der Waals surface area contributed by atoms with Crippen LogP contribution >= 0.6 is 0 Å². The van der Waals surface area contributed by atoms with Crippen LogP contribution in [0.15, 0.2) is 29.4 Å². The number of amides is 1. The van der Waals surface area contributed by atoms with Gasteiger partial charge in [-0.3, -0.25) is 4.79 Å². The molecule has 0 aliphatic rings. The summed E-state index contributed by atoms with van der Waals surface area (Å²) in [5.74, 6) is 0.0105. The van der Waals surface area contributed by atoms with Gasteiger partial charge in [-0.1, -0.05) is 23.3 Å². The molecular weight excluding hydrogens is 232 g/mol. The van der Waals surface area contributed by atoms with E-state index in [-0.39, 0.29) is 18.1 Å². The van der Waals surface area contributed by atoms with Crippen LogP contribution in [0.3, 0.4) is 0 Å². The molecule has 96 valence electrons. The maximum absolute atomic E-state index is 11.5. The van der Waals surface area contributed by atoms with E-state index in [0.717, 1.165) is 12.8 Å². The van der Waals surface area contributed by atoms with Crippen molar-refractivity contribution in [3.8, 4) is 5.75 Å². The molecule has 6 nitrogen and oxygen atoms in total. The zero-order valence-electron chi connectivity index (χ0n) is 10.0. The average Bonchev–Trinajstić information content (AvgIpc) is 2.36. The van der Waals surface area contributed by atoms with Crippen molar-refractivity contribution in [1.82, 2.24) is 5.32 Å². The van der Waals surface area contributed by atoms with Crippen LogP contribution in [-0.4, -0.2) is 24.1 Å². The predicted molar refractivity (Wildman–Crippen MR) is 68.1 cm³/mol. The molecule has 6 heteroatoms. The SMILES string of the molecule is [N-]=[N+]=NCCCCNC(=O)Cc1ccccc1O. The lowest BCUT2D eigenvalue weighted by Gasteiger charge is -2.06. The first-order valence-electron chi connectivity index (χ1n) is 5.78. The van der Waals surface area contributed by atoms with E-state index >= 15 is 0 Å². The molecule has 0 aliphatic heterocycles. The first kappa shape index (κ1) is 13.9. The fourth-order valence-corrected chi connectivity index (χ4v) is 1.48. The summed E-state index contributed by atoms with van der Waals surface area (Å²) in [6.45, 7) is 0.999. The van der Waals surface area contributed by atoms with Gasteiger partial charge in [0.1, 0.15) is 5.75 Å². The van der Waals surface area contributed by atoms with Gasteiger partial charge in [0.25, 0.3) is 0 Å². The molecule has 1 aromatic rings. The van der Waals surface area contributed by atoms with Crippen LogP contribution in [0, 0.1) is 0 Å². The minimum absolute atomic E-state index is 0.125. The largest absolute Gasteiger partial charge is 0.508 e. The third kappa shape index (κ3) is 5.23. The smallest absolute Gasteiger partial charge is 0.224 e. The Bertz CT molecular complexity index is 441. The van der Waals surface area contributed by atoms with E-state index in [2.05, 4.69) is 15.3 Å². The van der Waals surface area contributed by atoms with E-state index in [1.165, 1.54) is 0 Å². The molecule has 0 saturated carbocycles. The lowest BCUT2D eigenvalue weighted by molar-refractivity contribution is -0.120. The summed E-state index contributed by atoms with van der Waals surface area (Å²) in [7, 11) is 0. The summed E-state index contributed by atoms with van der Waals surface area (Å²) < 4.78 is 0. The molecule has 0 bridgehead atoms. The Kier molecular flexibility index (Phi) is 6.14. The zero-order chi connectivity index (χ0) is 13.2. The number of nitrogens with one attached hydrogen (secondary N) is 1. The number of hydrogen-bond donors (Lipinski definition) is 2. The minimum Gasteiger partial charge on any atom is -0.508 e. The first-order valence-corrected chi connectivity index (χ1v) is 5.78. The molecular formula is C12H16N4O2. The summed E-state index contributed by atoms with van der Waals surface area (Å²) in [6, 6.07) is 6.77. The van der Waals surface area contributed by atoms with E-state index in [1.54, 1.807) is 24.3 Å². The van der Waals surface area contributed by atoms with E-state index in [0.29, 0.717) is 18.7 Å². The molecule has 0 aromatic heterocycles. The molecule has 0 fully saturated rings. The molecule has 1 amide bonds. The highest BCUT2D eigenvalue weighted by molar-refractivity contribution is 5.79. The summed E-state index contributed by atoms with van der Waals surface area (Å²) in [5.41, 5.74) is 8.68. The van der Waals surface area contributed by atoms with Crippen molar-refractivity contribution in [2.24, 2.45) is 5.11 Å². The summed E-state index contributed by atoms with van der Waals surface area (Å²) in [6.07, 6.45) is 1.69. The van der Waals surface area contributed by atoms with E-state index in [4.69, 9.17) is 5.53 Å².